The molecule has 0 amide bonds. The average Bonchev–Trinajstić information content (AvgIpc) is 3.02. The van der Waals surface area contributed by atoms with Gasteiger partial charge in [-0.25, -0.2) is 0 Å². The van der Waals surface area contributed by atoms with Gasteiger partial charge >= 0.3 is 0 Å². The van der Waals surface area contributed by atoms with Gasteiger partial charge in [-0.05, 0) is 62.9 Å². The van der Waals surface area contributed by atoms with Crippen molar-refractivity contribution in [2.75, 3.05) is 19.6 Å². The molecular formula is C16H30N2. The first-order chi connectivity index (χ1) is 8.62. The summed E-state index contributed by atoms with van der Waals surface area (Å²) in [6.45, 7) is 8.91. The van der Waals surface area contributed by atoms with Crippen LogP contribution in [-0.4, -0.2) is 36.6 Å². The van der Waals surface area contributed by atoms with Gasteiger partial charge in [-0.2, -0.15) is 0 Å². The minimum Gasteiger partial charge on any atom is -0.314 e. The summed E-state index contributed by atoms with van der Waals surface area (Å²) in [6, 6.07) is 1.77. The highest BCUT2D eigenvalue weighted by molar-refractivity contribution is 4.90. The first-order valence-corrected chi connectivity index (χ1v) is 8.10. The summed E-state index contributed by atoms with van der Waals surface area (Å²) in [5, 5.41) is 3.71. The van der Waals surface area contributed by atoms with E-state index in [1.165, 1.54) is 64.6 Å². The molecular weight excluding hydrogens is 220 g/mol. The van der Waals surface area contributed by atoms with Crippen LogP contribution in [0.3, 0.4) is 0 Å². The molecule has 3 fully saturated rings. The van der Waals surface area contributed by atoms with E-state index >= 15 is 0 Å². The SMILES string of the molecule is CC1(C)CCCC(N2CCC(CNC3CC3)C2)C1. The number of likely N-dealkylation sites (tertiary alicyclic amines) is 1. The van der Waals surface area contributed by atoms with Gasteiger partial charge in [0.25, 0.3) is 0 Å². The molecule has 1 heterocycles. The zero-order chi connectivity index (χ0) is 12.6. The number of hydrogen-bond acceptors (Lipinski definition) is 2. The molecule has 2 aliphatic carbocycles. The van der Waals surface area contributed by atoms with E-state index in [4.69, 9.17) is 0 Å². The number of nitrogens with one attached hydrogen (secondary N) is 1. The van der Waals surface area contributed by atoms with Crippen molar-refractivity contribution < 1.29 is 0 Å². The zero-order valence-electron chi connectivity index (χ0n) is 12.3. The molecule has 1 N–H and O–H groups in total. The third kappa shape index (κ3) is 3.27. The molecule has 0 radical (unpaired) electrons. The summed E-state index contributed by atoms with van der Waals surface area (Å²) >= 11 is 0. The van der Waals surface area contributed by atoms with Crippen LogP contribution in [0.25, 0.3) is 0 Å². The maximum absolute atomic E-state index is 3.71. The van der Waals surface area contributed by atoms with Crippen LogP contribution >= 0.6 is 0 Å². The maximum atomic E-state index is 3.71. The second-order valence-electron chi connectivity index (χ2n) is 7.75. The zero-order valence-corrected chi connectivity index (χ0v) is 12.3. The Kier molecular flexibility index (Phi) is 3.68. The van der Waals surface area contributed by atoms with E-state index < -0.39 is 0 Å². The smallest absolute Gasteiger partial charge is 0.0100 e. The molecule has 0 spiro atoms. The molecule has 1 saturated heterocycles. The van der Waals surface area contributed by atoms with E-state index in [2.05, 4.69) is 24.1 Å². The highest BCUT2D eigenvalue weighted by Gasteiger charge is 2.35. The maximum Gasteiger partial charge on any atom is 0.0100 e. The highest BCUT2D eigenvalue weighted by atomic mass is 15.2. The van der Waals surface area contributed by atoms with E-state index in [0.717, 1.165) is 18.0 Å². The van der Waals surface area contributed by atoms with E-state index in [1.54, 1.807) is 0 Å². The summed E-state index contributed by atoms with van der Waals surface area (Å²) in [4.78, 5) is 2.81. The van der Waals surface area contributed by atoms with Gasteiger partial charge in [0.15, 0.2) is 0 Å². The van der Waals surface area contributed by atoms with Crippen LogP contribution in [0.2, 0.25) is 0 Å². The summed E-state index contributed by atoms with van der Waals surface area (Å²) in [5.41, 5.74) is 0.591. The Morgan fingerprint density at radius 2 is 2.00 bits per heavy atom. The number of hydrogen-bond donors (Lipinski definition) is 1. The van der Waals surface area contributed by atoms with Gasteiger partial charge in [0.05, 0.1) is 0 Å². The Bertz CT molecular complexity index is 283. The molecule has 2 saturated carbocycles. The van der Waals surface area contributed by atoms with Gasteiger partial charge in [-0.3, -0.25) is 0 Å². The van der Waals surface area contributed by atoms with Crippen molar-refractivity contribution >= 4 is 0 Å². The van der Waals surface area contributed by atoms with Crippen LogP contribution in [0, 0.1) is 11.3 Å². The normalized spacial score (nSPS) is 37.0. The van der Waals surface area contributed by atoms with E-state index in [9.17, 15) is 0 Å². The van der Waals surface area contributed by atoms with E-state index in [-0.39, 0.29) is 0 Å². The summed E-state index contributed by atoms with van der Waals surface area (Å²) in [6.07, 6.45) is 10.0. The predicted molar refractivity (Wildman–Crippen MR) is 76.7 cm³/mol. The Balaban J connectivity index is 1.45. The molecule has 104 valence electrons. The summed E-state index contributed by atoms with van der Waals surface area (Å²) < 4.78 is 0. The van der Waals surface area contributed by atoms with Crippen LogP contribution in [0.1, 0.15) is 58.8 Å². The first-order valence-electron chi connectivity index (χ1n) is 8.10. The van der Waals surface area contributed by atoms with E-state index in [0.29, 0.717) is 5.41 Å². The topological polar surface area (TPSA) is 15.3 Å². The summed E-state index contributed by atoms with van der Waals surface area (Å²) in [7, 11) is 0. The van der Waals surface area contributed by atoms with Gasteiger partial charge in [-0.1, -0.05) is 20.3 Å². The average molecular weight is 250 g/mol. The lowest BCUT2D eigenvalue weighted by atomic mass is 9.75. The molecule has 1 aliphatic heterocycles. The standard InChI is InChI=1S/C16H30N2/c1-16(2)8-3-4-15(10-16)18-9-7-13(12-18)11-17-14-5-6-14/h13-15,17H,3-12H2,1-2H3. The molecule has 2 atom stereocenters. The van der Waals surface area contributed by atoms with Gasteiger partial charge < -0.3 is 10.2 Å². The lowest BCUT2D eigenvalue weighted by Gasteiger charge is -2.39. The van der Waals surface area contributed by atoms with Crippen molar-refractivity contribution in [3.8, 4) is 0 Å². The van der Waals surface area contributed by atoms with Crippen molar-refractivity contribution in [2.24, 2.45) is 11.3 Å². The van der Waals surface area contributed by atoms with Crippen molar-refractivity contribution in [1.29, 1.82) is 0 Å². The molecule has 0 aromatic rings. The fourth-order valence-corrected chi connectivity index (χ4v) is 3.95. The Morgan fingerprint density at radius 1 is 1.17 bits per heavy atom. The predicted octanol–water partition coefficient (Wildman–Crippen LogP) is 3.03. The Morgan fingerprint density at radius 3 is 2.72 bits per heavy atom. The summed E-state index contributed by atoms with van der Waals surface area (Å²) in [5.74, 6) is 0.927. The molecule has 0 aromatic carbocycles. The first kappa shape index (κ1) is 12.9. The minimum absolute atomic E-state index is 0.591. The lowest BCUT2D eigenvalue weighted by molar-refractivity contribution is 0.110. The van der Waals surface area contributed by atoms with E-state index in [1.807, 2.05) is 0 Å². The molecule has 3 aliphatic rings. The molecule has 3 rings (SSSR count). The van der Waals surface area contributed by atoms with Gasteiger partial charge in [0, 0.05) is 18.6 Å². The van der Waals surface area contributed by atoms with Gasteiger partial charge in [0.1, 0.15) is 0 Å². The monoisotopic (exact) mass is 250 g/mol. The number of rotatable bonds is 4. The quantitative estimate of drug-likeness (QED) is 0.825. The van der Waals surface area contributed by atoms with Crippen LogP contribution in [0.4, 0.5) is 0 Å². The molecule has 2 nitrogen and oxygen atoms in total. The second kappa shape index (κ2) is 5.13. The van der Waals surface area contributed by atoms with Gasteiger partial charge in [0.2, 0.25) is 0 Å². The van der Waals surface area contributed by atoms with Crippen LogP contribution in [0.15, 0.2) is 0 Å². The van der Waals surface area contributed by atoms with Crippen LogP contribution in [0.5, 0.6) is 0 Å². The van der Waals surface area contributed by atoms with Crippen molar-refractivity contribution in [1.82, 2.24) is 10.2 Å². The largest absolute Gasteiger partial charge is 0.314 e. The third-order valence-electron chi connectivity index (χ3n) is 5.29. The Hall–Kier alpha value is -0.0800. The van der Waals surface area contributed by atoms with Crippen molar-refractivity contribution in [3.05, 3.63) is 0 Å². The minimum atomic E-state index is 0.591. The molecule has 2 heteroatoms. The van der Waals surface area contributed by atoms with Crippen molar-refractivity contribution in [2.45, 2.75) is 70.9 Å². The Labute approximate surface area is 113 Å². The molecule has 0 aromatic heterocycles. The molecule has 0 bridgehead atoms. The lowest BCUT2D eigenvalue weighted by Crippen LogP contribution is -2.40. The van der Waals surface area contributed by atoms with Crippen LogP contribution < -0.4 is 5.32 Å². The number of nitrogens with zero attached hydrogens (tertiary/aromatic N) is 1. The highest BCUT2D eigenvalue weighted by Crippen LogP contribution is 2.38. The van der Waals surface area contributed by atoms with Crippen LogP contribution in [-0.2, 0) is 0 Å². The molecule has 18 heavy (non-hydrogen) atoms. The second-order valence-corrected chi connectivity index (χ2v) is 7.75. The van der Waals surface area contributed by atoms with Gasteiger partial charge in [-0.15, -0.1) is 0 Å². The van der Waals surface area contributed by atoms with Crippen molar-refractivity contribution in [3.63, 3.8) is 0 Å². The fourth-order valence-electron chi connectivity index (χ4n) is 3.95. The molecule has 2 unspecified atom stereocenters. The third-order valence-corrected chi connectivity index (χ3v) is 5.29. The fraction of sp³-hybridized carbons (Fsp3) is 1.00.